The second kappa shape index (κ2) is 6.34. The van der Waals surface area contributed by atoms with Crippen molar-refractivity contribution < 1.29 is 14.6 Å². The molecule has 1 fully saturated rings. The number of esters is 1. The Morgan fingerprint density at radius 3 is 2.54 bits per heavy atom. The molecule has 5 nitrogen and oxygen atoms in total. The molecule has 0 aliphatic heterocycles. The van der Waals surface area contributed by atoms with Gasteiger partial charge in [0.25, 0.3) is 0 Å². The van der Waals surface area contributed by atoms with E-state index in [1.807, 2.05) is 36.4 Å². The lowest BCUT2D eigenvalue weighted by atomic mass is 9.62. The summed E-state index contributed by atoms with van der Waals surface area (Å²) in [5.74, 6) is -0.310. The van der Waals surface area contributed by atoms with E-state index >= 15 is 0 Å². The maximum Gasteiger partial charge on any atom is 0.316 e. The summed E-state index contributed by atoms with van der Waals surface area (Å²) in [5.41, 5.74) is 2.37. The van der Waals surface area contributed by atoms with Gasteiger partial charge in [0.2, 0.25) is 0 Å². The van der Waals surface area contributed by atoms with Gasteiger partial charge in [0.15, 0.2) is 0 Å². The summed E-state index contributed by atoms with van der Waals surface area (Å²) < 4.78 is 4.92. The zero-order valence-electron chi connectivity index (χ0n) is 13.3. The zero-order chi connectivity index (χ0) is 17.2. The summed E-state index contributed by atoms with van der Waals surface area (Å²) in [6, 6.07) is 16.8. The van der Waals surface area contributed by atoms with Crippen LogP contribution in [0, 0.1) is 11.3 Å². The molecule has 0 aromatic heterocycles. The van der Waals surface area contributed by atoms with Gasteiger partial charge in [-0.05, 0) is 48.7 Å². The predicted octanol–water partition coefficient (Wildman–Crippen LogP) is 2.87. The number of carbonyl (C=O) groups excluding carboxylic acids is 1. The molecule has 5 heteroatoms. The summed E-state index contributed by atoms with van der Waals surface area (Å²) >= 11 is 0. The first-order valence-corrected chi connectivity index (χ1v) is 7.71. The average molecular weight is 322 g/mol. The Morgan fingerprint density at radius 1 is 1.25 bits per heavy atom. The molecule has 0 amide bonds. The van der Waals surface area contributed by atoms with Crippen molar-refractivity contribution in [1.82, 2.24) is 0 Å². The second-order valence-corrected chi connectivity index (χ2v) is 6.03. The van der Waals surface area contributed by atoms with Gasteiger partial charge in [-0.25, -0.2) is 0 Å². The number of hydrogen-bond acceptors (Lipinski definition) is 5. The summed E-state index contributed by atoms with van der Waals surface area (Å²) in [4.78, 5) is 12.1. The minimum atomic E-state index is -0.743. The van der Waals surface area contributed by atoms with Crippen LogP contribution in [0.25, 0.3) is 0 Å². The van der Waals surface area contributed by atoms with Crippen LogP contribution in [0.1, 0.15) is 24.0 Å². The molecule has 0 unspecified atom stereocenters. The lowest BCUT2D eigenvalue weighted by Gasteiger charge is -2.43. The third-order valence-electron chi connectivity index (χ3n) is 4.46. The van der Waals surface area contributed by atoms with E-state index in [9.17, 15) is 9.90 Å². The highest BCUT2D eigenvalue weighted by Crippen LogP contribution is 2.45. The fourth-order valence-corrected chi connectivity index (χ4v) is 3.17. The topological polar surface area (TPSA) is 82.3 Å². The van der Waals surface area contributed by atoms with E-state index < -0.39 is 11.5 Å². The van der Waals surface area contributed by atoms with Crippen molar-refractivity contribution in [3.8, 4) is 6.07 Å². The molecule has 3 rings (SSSR count). The second-order valence-electron chi connectivity index (χ2n) is 6.03. The Kier molecular flexibility index (Phi) is 4.24. The van der Waals surface area contributed by atoms with Crippen LogP contribution in [0.5, 0.6) is 0 Å². The van der Waals surface area contributed by atoms with Gasteiger partial charge in [-0.2, -0.15) is 5.26 Å². The van der Waals surface area contributed by atoms with Crippen molar-refractivity contribution in [2.24, 2.45) is 0 Å². The number of nitrogens with one attached hydrogen (secondary N) is 1. The van der Waals surface area contributed by atoms with Gasteiger partial charge in [0.1, 0.15) is 0 Å². The smallest absolute Gasteiger partial charge is 0.316 e. The molecule has 1 aliphatic carbocycles. The van der Waals surface area contributed by atoms with Crippen LogP contribution in [-0.4, -0.2) is 24.3 Å². The largest absolute Gasteiger partial charge is 0.468 e. The number of ether oxygens (including phenoxy) is 1. The van der Waals surface area contributed by atoms with Gasteiger partial charge in [0.05, 0.1) is 30.3 Å². The first-order chi connectivity index (χ1) is 11.6. The molecular formula is C19H18N2O3. The number of anilines is 2. The van der Waals surface area contributed by atoms with E-state index in [0.717, 1.165) is 16.9 Å². The first-order valence-electron chi connectivity index (χ1n) is 7.71. The van der Waals surface area contributed by atoms with Gasteiger partial charge in [0, 0.05) is 11.4 Å². The van der Waals surface area contributed by atoms with Crippen molar-refractivity contribution in [3.05, 3.63) is 59.7 Å². The third kappa shape index (κ3) is 2.84. The highest BCUT2D eigenvalue weighted by Gasteiger charge is 2.51. The zero-order valence-corrected chi connectivity index (χ0v) is 13.3. The average Bonchev–Trinajstić information content (AvgIpc) is 2.59. The van der Waals surface area contributed by atoms with Crippen LogP contribution in [0.2, 0.25) is 0 Å². The number of aliphatic hydroxyl groups excluding tert-OH is 1. The van der Waals surface area contributed by atoms with Crippen LogP contribution in [-0.2, 0) is 14.9 Å². The number of hydrogen-bond donors (Lipinski definition) is 2. The lowest BCUT2D eigenvalue weighted by molar-refractivity contribution is -0.156. The van der Waals surface area contributed by atoms with Crippen LogP contribution < -0.4 is 5.32 Å². The normalized spacial score (nSPS) is 22.1. The van der Waals surface area contributed by atoms with E-state index in [-0.39, 0.29) is 5.97 Å². The van der Waals surface area contributed by atoms with Crippen LogP contribution in [0.4, 0.5) is 11.4 Å². The van der Waals surface area contributed by atoms with Crippen molar-refractivity contribution >= 4 is 17.3 Å². The first kappa shape index (κ1) is 16.0. The molecule has 2 N–H and O–H groups in total. The van der Waals surface area contributed by atoms with Gasteiger partial charge >= 0.3 is 5.97 Å². The number of aliphatic hydroxyl groups is 1. The Balaban J connectivity index is 1.80. The van der Waals surface area contributed by atoms with E-state index in [0.29, 0.717) is 18.4 Å². The third-order valence-corrected chi connectivity index (χ3v) is 4.46. The highest BCUT2D eigenvalue weighted by molar-refractivity contribution is 5.85. The van der Waals surface area contributed by atoms with Crippen LogP contribution in [0.3, 0.4) is 0 Å². The van der Waals surface area contributed by atoms with Gasteiger partial charge in [-0.3, -0.25) is 4.79 Å². The van der Waals surface area contributed by atoms with E-state index in [2.05, 4.69) is 11.4 Å². The van der Waals surface area contributed by atoms with E-state index in [1.54, 1.807) is 12.1 Å². The Hall–Kier alpha value is -2.84. The summed E-state index contributed by atoms with van der Waals surface area (Å²) in [6.45, 7) is 0. The number of carbonyl (C=O) groups is 1. The van der Waals surface area contributed by atoms with Gasteiger partial charge in [-0.15, -0.1) is 0 Å². The summed E-state index contributed by atoms with van der Waals surface area (Å²) in [6.07, 6.45) is 0.309. The van der Waals surface area contributed by atoms with Gasteiger partial charge < -0.3 is 15.2 Å². The molecule has 1 aliphatic rings. The van der Waals surface area contributed by atoms with E-state index in [1.165, 1.54) is 7.11 Å². The number of rotatable bonds is 4. The molecule has 0 atom stereocenters. The fraction of sp³-hybridized carbons (Fsp3) is 0.263. The predicted molar refractivity (Wildman–Crippen MR) is 89.8 cm³/mol. The molecular weight excluding hydrogens is 304 g/mol. The maximum absolute atomic E-state index is 12.1. The van der Waals surface area contributed by atoms with Crippen molar-refractivity contribution in [3.63, 3.8) is 0 Å². The Bertz CT molecular complexity index is 787. The van der Waals surface area contributed by atoms with Gasteiger partial charge in [-0.1, -0.05) is 18.2 Å². The van der Waals surface area contributed by atoms with Crippen LogP contribution >= 0.6 is 0 Å². The minimum Gasteiger partial charge on any atom is -0.468 e. The minimum absolute atomic E-state index is 0.310. The lowest BCUT2D eigenvalue weighted by Crippen LogP contribution is -2.51. The number of benzene rings is 2. The summed E-state index contributed by atoms with van der Waals surface area (Å²) in [5, 5.41) is 21.8. The van der Waals surface area contributed by atoms with Crippen LogP contribution in [0.15, 0.2) is 48.5 Å². The van der Waals surface area contributed by atoms with E-state index in [4.69, 9.17) is 10.00 Å². The molecule has 0 spiro atoms. The molecule has 0 heterocycles. The molecule has 0 saturated heterocycles. The quantitative estimate of drug-likeness (QED) is 0.846. The number of methoxy groups -OCH3 is 1. The molecule has 1 saturated carbocycles. The molecule has 2 aromatic carbocycles. The van der Waals surface area contributed by atoms with Crippen molar-refractivity contribution in [1.29, 1.82) is 5.26 Å². The summed E-state index contributed by atoms with van der Waals surface area (Å²) in [7, 11) is 1.37. The molecule has 0 bridgehead atoms. The number of nitriles is 1. The maximum atomic E-state index is 12.1. The molecule has 0 radical (unpaired) electrons. The molecule has 24 heavy (non-hydrogen) atoms. The van der Waals surface area contributed by atoms with Crippen molar-refractivity contribution in [2.75, 3.05) is 12.4 Å². The standard InChI is InChI=1S/C19H18N2O3/c1-24-18(23)19(10-17(22)11-19)14-5-7-15(8-6-14)21-16-4-2-3-13(9-16)12-20/h2-9,17,21-22H,10-11H2,1H3. The SMILES string of the molecule is COC(=O)C1(c2ccc(Nc3cccc(C#N)c3)cc2)CC(O)C1. The van der Waals surface area contributed by atoms with Crippen molar-refractivity contribution in [2.45, 2.75) is 24.4 Å². The fourth-order valence-electron chi connectivity index (χ4n) is 3.17. The Morgan fingerprint density at radius 2 is 1.96 bits per heavy atom. The number of nitrogens with zero attached hydrogens (tertiary/aromatic N) is 1. The molecule has 2 aromatic rings. The monoisotopic (exact) mass is 322 g/mol. The Labute approximate surface area is 140 Å². The molecule has 122 valence electrons. The highest BCUT2D eigenvalue weighted by atomic mass is 16.5.